The number of amides is 2. The zero-order valence-electron chi connectivity index (χ0n) is 16.0. The molecule has 148 valence electrons. The Hall–Kier alpha value is -2.68. The van der Waals surface area contributed by atoms with Crippen LogP contribution in [0.3, 0.4) is 0 Å². The summed E-state index contributed by atoms with van der Waals surface area (Å²) in [7, 11) is -2.05. The van der Waals surface area contributed by atoms with Gasteiger partial charge in [-0.1, -0.05) is 60.7 Å². The van der Waals surface area contributed by atoms with E-state index < -0.39 is 30.8 Å². The van der Waals surface area contributed by atoms with Gasteiger partial charge in [0.1, 0.15) is 11.6 Å². The van der Waals surface area contributed by atoms with Crippen molar-refractivity contribution in [3.05, 3.63) is 71.8 Å². The van der Waals surface area contributed by atoms with E-state index in [2.05, 4.69) is 10.6 Å². The molecule has 2 rings (SSSR count). The monoisotopic (exact) mass is 384 g/mol. The molecule has 0 radical (unpaired) electrons. The lowest BCUT2D eigenvalue weighted by Crippen LogP contribution is -2.52. The molecular weight excluding hydrogens is 359 g/mol. The molecule has 0 aliphatic carbocycles. The molecular formula is C20H25BN2O5. The average Bonchev–Trinajstić information content (AvgIpc) is 2.67. The molecule has 0 aliphatic heterocycles. The predicted octanol–water partition coefficient (Wildman–Crippen LogP) is 1.00. The van der Waals surface area contributed by atoms with E-state index in [1.807, 2.05) is 60.7 Å². The number of benzene rings is 2. The van der Waals surface area contributed by atoms with Crippen molar-refractivity contribution in [2.75, 3.05) is 0 Å². The Bertz CT molecular complexity index is 769. The Labute approximate surface area is 164 Å². The molecule has 0 aromatic heterocycles. The highest BCUT2D eigenvalue weighted by atomic mass is 16.6. The number of carbonyl (C=O) groups is 2. The molecule has 0 fully saturated rings. The first-order chi connectivity index (χ1) is 13.3. The van der Waals surface area contributed by atoms with E-state index >= 15 is 0 Å². The van der Waals surface area contributed by atoms with Crippen LogP contribution in [0.1, 0.15) is 25.0 Å². The van der Waals surface area contributed by atoms with Gasteiger partial charge in [-0.3, -0.25) is 9.59 Å². The van der Waals surface area contributed by atoms with E-state index in [4.69, 9.17) is 14.7 Å². The smallest absolute Gasteiger partial charge is 0.402 e. The average molecular weight is 384 g/mol. The van der Waals surface area contributed by atoms with Crippen molar-refractivity contribution in [3.63, 3.8) is 0 Å². The lowest BCUT2D eigenvalue weighted by Gasteiger charge is -2.27. The maximum atomic E-state index is 12.7. The topological polar surface area (TPSA) is 108 Å². The van der Waals surface area contributed by atoms with Crippen molar-refractivity contribution in [1.29, 1.82) is 0 Å². The molecule has 2 amide bonds. The van der Waals surface area contributed by atoms with E-state index in [1.54, 1.807) is 0 Å². The summed E-state index contributed by atoms with van der Waals surface area (Å²) in [4.78, 5) is 25.2. The van der Waals surface area contributed by atoms with Crippen molar-refractivity contribution in [1.82, 2.24) is 10.6 Å². The van der Waals surface area contributed by atoms with Crippen LogP contribution < -0.4 is 10.6 Å². The SMILES string of the molecule is CC(C)(C(=O)NCc1ccccc1)C(=O)N[C@@H](Cc1ccccc1)OB(O)O. The molecule has 7 nitrogen and oxygen atoms in total. The van der Waals surface area contributed by atoms with Crippen LogP contribution in [0.25, 0.3) is 0 Å². The molecule has 0 aliphatic rings. The molecule has 0 heterocycles. The van der Waals surface area contributed by atoms with Crippen molar-refractivity contribution in [3.8, 4) is 0 Å². The van der Waals surface area contributed by atoms with Crippen LogP contribution in [-0.2, 0) is 27.2 Å². The molecule has 1 atom stereocenters. The third-order valence-electron chi connectivity index (χ3n) is 4.27. The van der Waals surface area contributed by atoms with Crippen molar-refractivity contribution >= 4 is 19.1 Å². The van der Waals surface area contributed by atoms with Crippen molar-refractivity contribution < 1.29 is 24.3 Å². The van der Waals surface area contributed by atoms with Crippen LogP contribution in [0, 0.1) is 5.41 Å². The molecule has 0 saturated carbocycles. The van der Waals surface area contributed by atoms with Gasteiger partial charge in [0.2, 0.25) is 11.8 Å². The number of hydrogen-bond acceptors (Lipinski definition) is 5. The number of nitrogens with one attached hydrogen (secondary N) is 2. The summed E-state index contributed by atoms with van der Waals surface area (Å²) in [6.45, 7) is 3.30. The number of carbonyl (C=O) groups excluding carboxylic acids is 2. The Morgan fingerprint density at radius 3 is 2.04 bits per heavy atom. The summed E-state index contributed by atoms with van der Waals surface area (Å²) < 4.78 is 4.98. The first kappa shape index (κ1) is 21.6. The standard InChI is InChI=1S/C20H25BN2O5/c1-20(2,18(24)22-14-16-11-7-4-8-12-16)19(25)23-17(28-21(26)27)13-15-9-5-3-6-10-15/h3-12,17,26-27H,13-14H2,1-2H3,(H,22,24)(H,23,25)/t17-/m1/s1. The summed E-state index contributed by atoms with van der Waals surface area (Å²) in [5, 5.41) is 23.6. The third kappa shape index (κ3) is 6.49. The molecule has 0 bridgehead atoms. The molecule has 8 heteroatoms. The molecule has 0 saturated heterocycles. The minimum Gasteiger partial charge on any atom is -0.402 e. The second-order valence-corrected chi connectivity index (χ2v) is 6.91. The maximum absolute atomic E-state index is 12.7. The fourth-order valence-electron chi connectivity index (χ4n) is 2.54. The first-order valence-corrected chi connectivity index (χ1v) is 8.98. The Balaban J connectivity index is 1.99. The second-order valence-electron chi connectivity index (χ2n) is 6.91. The first-order valence-electron chi connectivity index (χ1n) is 8.98. The van der Waals surface area contributed by atoms with Gasteiger partial charge in [0.25, 0.3) is 0 Å². The van der Waals surface area contributed by atoms with E-state index in [0.29, 0.717) is 6.54 Å². The predicted molar refractivity (Wildman–Crippen MR) is 105 cm³/mol. The molecule has 28 heavy (non-hydrogen) atoms. The van der Waals surface area contributed by atoms with E-state index in [1.165, 1.54) is 13.8 Å². The van der Waals surface area contributed by atoms with Crippen LogP contribution >= 0.6 is 0 Å². The van der Waals surface area contributed by atoms with Gasteiger partial charge in [-0.2, -0.15) is 0 Å². The van der Waals surface area contributed by atoms with Crippen molar-refractivity contribution in [2.24, 2.45) is 5.41 Å². The highest BCUT2D eigenvalue weighted by Crippen LogP contribution is 2.17. The van der Waals surface area contributed by atoms with E-state index in [-0.39, 0.29) is 6.42 Å². The summed E-state index contributed by atoms with van der Waals surface area (Å²) in [6, 6.07) is 18.5. The minimum atomic E-state index is -2.05. The summed E-state index contributed by atoms with van der Waals surface area (Å²) in [6.07, 6.45) is -0.789. The third-order valence-corrected chi connectivity index (χ3v) is 4.27. The highest BCUT2D eigenvalue weighted by molar-refractivity contribution is 6.32. The Morgan fingerprint density at radius 1 is 0.964 bits per heavy atom. The lowest BCUT2D eigenvalue weighted by molar-refractivity contribution is -0.143. The van der Waals surface area contributed by atoms with Gasteiger partial charge in [-0.05, 0) is 25.0 Å². The van der Waals surface area contributed by atoms with Crippen LogP contribution in [0.5, 0.6) is 0 Å². The fraction of sp³-hybridized carbons (Fsp3) is 0.300. The van der Waals surface area contributed by atoms with Crippen LogP contribution in [-0.4, -0.2) is 35.4 Å². The van der Waals surface area contributed by atoms with Gasteiger partial charge in [0.05, 0.1) is 0 Å². The van der Waals surface area contributed by atoms with Gasteiger partial charge in [0, 0.05) is 13.0 Å². The van der Waals surface area contributed by atoms with Crippen molar-refractivity contribution in [2.45, 2.75) is 33.0 Å². The van der Waals surface area contributed by atoms with Gasteiger partial charge in [-0.15, -0.1) is 0 Å². The maximum Gasteiger partial charge on any atom is 0.635 e. The molecule has 0 unspecified atom stereocenters. The van der Waals surface area contributed by atoms with E-state index in [9.17, 15) is 9.59 Å². The van der Waals surface area contributed by atoms with Gasteiger partial charge >= 0.3 is 7.32 Å². The fourth-order valence-corrected chi connectivity index (χ4v) is 2.54. The minimum absolute atomic E-state index is 0.214. The van der Waals surface area contributed by atoms with Crippen LogP contribution in [0.2, 0.25) is 0 Å². The molecule has 0 spiro atoms. The normalized spacial score (nSPS) is 12.1. The summed E-state index contributed by atoms with van der Waals surface area (Å²) in [5.41, 5.74) is 0.369. The van der Waals surface area contributed by atoms with Crippen LogP contribution in [0.4, 0.5) is 0 Å². The summed E-state index contributed by atoms with van der Waals surface area (Å²) >= 11 is 0. The van der Waals surface area contributed by atoms with E-state index in [0.717, 1.165) is 11.1 Å². The van der Waals surface area contributed by atoms with Gasteiger partial charge < -0.3 is 25.3 Å². The summed E-state index contributed by atoms with van der Waals surface area (Å²) in [5.74, 6) is -1.03. The largest absolute Gasteiger partial charge is 0.635 e. The Kier molecular flexibility index (Phi) is 7.75. The zero-order chi connectivity index (χ0) is 20.6. The number of rotatable bonds is 9. The quantitative estimate of drug-likeness (QED) is 0.293. The van der Waals surface area contributed by atoms with Gasteiger partial charge in [-0.25, -0.2) is 0 Å². The molecule has 2 aromatic carbocycles. The zero-order valence-corrected chi connectivity index (χ0v) is 16.0. The Morgan fingerprint density at radius 2 is 1.50 bits per heavy atom. The lowest BCUT2D eigenvalue weighted by atomic mass is 9.90. The number of hydrogen-bond donors (Lipinski definition) is 4. The molecule has 4 N–H and O–H groups in total. The van der Waals surface area contributed by atoms with Crippen LogP contribution in [0.15, 0.2) is 60.7 Å². The van der Waals surface area contributed by atoms with Gasteiger partial charge in [0.15, 0.2) is 0 Å². The molecule has 2 aromatic rings. The highest BCUT2D eigenvalue weighted by Gasteiger charge is 2.37. The second kappa shape index (κ2) is 10.0.